The monoisotopic (exact) mass is 490 g/mol. The van der Waals surface area contributed by atoms with Gasteiger partial charge in [0.05, 0.1) is 31.4 Å². The fourth-order valence-corrected chi connectivity index (χ4v) is 6.60. The Bertz CT molecular complexity index is 1140. The number of nitrogens with one attached hydrogen (secondary N) is 1. The Kier molecular flexibility index (Phi) is 5.98. The minimum Gasteiger partial charge on any atom is -0.493 e. The molecule has 1 N–H and O–H groups in total. The molecule has 2 saturated carbocycles. The number of nitrogens with zero attached hydrogens (tertiary/aromatic N) is 1. The van der Waals surface area contributed by atoms with E-state index in [1.54, 1.807) is 0 Å². The van der Waals surface area contributed by atoms with Gasteiger partial charge in [-0.25, -0.2) is 0 Å². The predicted octanol–water partition coefficient (Wildman–Crippen LogP) is 6.28. The molecule has 4 aliphatic rings. The summed E-state index contributed by atoms with van der Waals surface area (Å²) in [7, 11) is 0. The van der Waals surface area contributed by atoms with Crippen LogP contribution in [0, 0.1) is 12.8 Å². The lowest BCUT2D eigenvalue weighted by atomic mass is 9.79. The Labute approximate surface area is 215 Å². The third kappa shape index (κ3) is 4.27. The molecule has 0 bridgehead atoms. The quantitative estimate of drug-likeness (QED) is 0.536. The Morgan fingerprint density at radius 3 is 2.47 bits per heavy atom. The summed E-state index contributed by atoms with van der Waals surface area (Å²) < 4.78 is 14.1. The van der Waals surface area contributed by atoms with Crippen molar-refractivity contribution in [3.05, 3.63) is 40.6 Å². The van der Waals surface area contributed by atoms with Crippen LogP contribution < -0.4 is 10.1 Å². The second-order valence-electron chi connectivity index (χ2n) is 12.9. The number of benzene rings is 1. The van der Waals surface area contributed by atoms with Crippen molar-refractivity contribution >= 4 is 5.91 Å². The van der Waals surface area contributed by atoms with Crippen molar-refractivity contribution < 1.29 is 14.3 Å². The van der Waals surface area contributed by atoms with Crippen molar-refractivity contribution in [2.45, 2.75) is 102 Å². The highest BCUT2D eigenvalue weighted by atomic mass is 16.5. The first-order valence-corrected chi connectivity index (χ1v) is 14.2. The van der Waals surface area contributed by atoms with Gasteiger partial charge >= 0.3 is 0 Å². The van der Waals surface area contributed by atoms with E-state index in [0.29, 0.717) is 24.5 Å². The number of ether oxygens (including phenoxy) is 2. The summed E-state index contributed by atoms with van der Waals surface area (Å²) >= 11 is 0. The van der Waals surface area contributed by atoms with Crippen LogP contribution in [0.5, 0.6) is 5.75 Å². The minimum absolute atomic E-state index is 0.0201. The normalized spacial score (nSPS) is 21.6. The lowest BCUT2D eigenvalue weighted by Gasteiger charge is -2.33. The molecule has 2 aromatic rings. The van der Waals surface area contributed by atoms with Crippen LogP contribution in [0.2, 0.25) is 0 Å². The van der Waals surface area contributed by atoms with Gasteiger partial charge in [-0.2, -0.15) is 0 Å². The Balaban J connectivity index is 1.47. The standard InChI is InChI=1S/C31H42N2O3/c1-20-24(29(34)32-23-18-35-19-23)16-27(33(20)17-21-8-6-5-7-9-21)22-14-25(30(2,3)4)28-26(15-22)31(10-11-31)12-13-36-28/h14-16,21,23H,5-13,17-19H2,1-4H3,(H,32,34). The minimum atomic E-state index is -0.0201. The predicted molar refractivity (Wildman–Crippen MR) is 143 cm³/mol. The van der Waals surface area contributed by atoms with Crippen molar-refractivity contribution in [1.82, 2.24) is 9.88 Å². The number of carbonyl (C=O) groups excluding carboxylic acids is 1. The number of hydrogen-bond donors (Lipinski definition) is 1. The lowest BCUT2D eigenvalue weighted by Crippen LogP contribution is -2.48. The van der Waals surface area contributed by atoms with Crippen LogP contribution in [0.3, 0.4) is 0 Å². The number of amides is 1. The van der Waals surface area contributed by atoms with Crippen LogP contribution in [0.1, 0.15) is 99.3 Å². The molecule has 1 aromatic carbocycles. The molecule has 36 heavy (non-hydrogen) atoms. The molecule has 194 valence electrons. The second kappa shape index (κ2) is 8.93. The molecule has 5 nitrogen and oxygen atoms in total. The molecule has 0 radical (unpaired) electrons. The van der Waals surface area contributed by atoms with E-state index >= 15 is 0 Å². The summed E-state index contributed by atoms with van der Waals surface area (Å²) in [6.07, 6.45) is 10.2. The molecular weight excluding hydrogens is 448 g/mol. The van der Waals surface area contributed by atoms with Gasteiger partial charge < -0.3 is 19.4 Å². The van der Waals surface area contributed by atoms with Gasteiger partial charge in [0, 0.05) is 34.5 Å². The summed E-state index contributed by atoms with van der Waals surface area (Å²) in [5.41, 5.74) is 7.28. The largest absolute Gasteiger partial charge is 0.493 e. The van der Waals surface area contributed by atoms with Crippen LogP contribution >= 0.6 is 0 Å². The third-order valence-electron chi connectivity index (χ3n) is 9.19. The molecule has 1 amide bonds. The highest BCUT2D eigenvalue weighted by Crippen LogP contribution is 2.58. The molecule has 3 heterocycles. The molecule has 0 atom stereocenters. The molecule has 1 aromatic heterocycles. The third-order valence-corrected chi connectivity index (χ3v) is 9.19. The first kappa shape index (κ1) is 24.1. The number of fused-ring (bicyclic) bond motifs is 2. The van der Waals surface area contributed by atoms with E-state index in [4.69, 9.17) is 9.47 Å². The summed E-state index contributed by atoms with van der Waals surface area (Å²) in [5, 5.41) is 3.18. The molecule has 6 rings (SSSR count). The molecule has 2 aliphatic heterocycles. The fourth-order valence-electron chi connectivity index (χ4n) is 6.60. The number of carbonyl (C=O) groups is 1. The summed E-state index contributed by atoms with van der Waals surface area (Å²) in [6.45, 7) is 12.0. The maximum atomic E-state index is 13.3. The van der Waals surface area contributed by atoms with Gasteiger partial charge in [0.1, 0.15) is 5.75 Å². The van der Waals surface area contributed by atoms with Crippen molar-refractivity contribution in [3.8, 4) is 17.0 Å². The van der Waals surface area contributed by atoms with Gasteiger partial charge in [0.2, 0.25) is 0 Å². The topological polar surface area (TPSA) is 52.5 Å². The first-order chi connectivity index (χ1) is 17.2. The molecule has 1 spiro atoms. The molecule has 2 aliphatic carbocycles. The maximum absolute atomic E-state index is 13.3. The van der Waals surface area contributed by atoms with Crippen LogP contribution in [0.15, 0.2) is 18.2 Å². The second-order valence-corrected chi connectivity index (χ2v) is 12.9. The van der Waals surface area contributed by atoms with Crippen LogP contribution in [-0.2, 0) is 22.1 Å². The summed E-state index contributed by atoms with van der Waals surface area (Å²) in [5.74, 6) is 1.83. The van der Waals surface area contributed by atoms with Gasteiger partial charge in [0.15, 0.2) is 0 Å². The smallest absolute Gasteiger partial charge is 0.253 e. The van der Waals surface area contributed by atoms with Crippen LogP contribution in [-0.4, -0.2) is 36.3 Å². The van der Waals surface area contributed by atoms with Crippen LogP contribution in [0.4, 0.5) is 0 Å². The van der Waals surface area contributed by atoms with Crippen molar-refractivity contribution in [2.75, 3.05) is 19.8 Å². The van der Waals surface area contributed by atoms with E-state index in [-0.39, 0.29) is 17.4 Å². The first-order valence-electron chi connectivity index (χ1n) is 14.2. The highest BCUT2D eigenvalue weighted by molar-refractivity contribution is 5.97. The average Bonchev–Trinajstić information content (AvgIpc) is 3.52. The van der Waals surface area contributed by atoms with E-state index in [9.17, 15) is 4.79 Å². The maximum Gasteiger partial charge on any atom is 0.253 e. The van der Waals surface area contributed by atoms with E-state index < -0.39 is 0 Å². The van der Waals surface area contributed by atoms with E-state index in [1.807, 2.05) is 0 Å². The fraction of sp³-hybridized carbons (Fsp3) is 0.645. The Morgan fingerprint density at radius 2 is 1.83 bits per heavy atom. The van der Waals surface area contributed by atoms with E-state index in [2.05, 4.69) is 55.8 Å². The van der Waals surface area contributed by atoms with Gasteiger partial charge in [0.25, 0.3) is 5.91 Å². The van der Waals surface area contributed by atoms with Crippen molar-refractivity contribution in [1.29, 1.82) is 0 Å². The molecule has 1 saturated heterocycles. The average molecular weight is 491 g/mol. The van der Waals surface area contributed by atoms with Crippen LogP contribution in [0.25, 0.3) is 11.3 Å². The van der Waals surface area contributed by atoms with Gasteiger partial charge in [-0.1, -0.05) is 40.0 Å². The summed E-state index contributed by atoms with van der Waals surface area (Å²) in [4.78, 5) is 13.3. The molecule has 0 unspecified atom stereocenters. The van der Waals surface area contributed by atoms with Crippen molar-refractivity contribution in [2.24, 2.45) is 5.92 Å². The van der Waals surface area contributed by atoms with E-state index in [1.165, 1.54) is 67.3 Å². The zero-order chi connectivity index (χ0) is 25.1. The summed E-state index contributed by atoms with van der Waals surface area (Å²) in [6, 6.07) is 7.05. The highest BCUT2D eigenvalue weighted by Gasteiger charge is 2.49. The molecule has 3 fully saturated rings. The zero-order valence-corrected chi connectivity index (χ0v) is 22.5. The van der Waals surface area contributed by atoms with E-state index in [0.717, 1.165) is 36.6 Å². The molecule has 5 heteroatoms. The number of hydrogen-bond acceptors (Lipinski definition) is 3. The number of rotatable bonds is 5. The SMILES string of the molecule is Cc1c(C(=O)NC2COC2)cc(-c2cc(C(C)(C)C)c3c(c2)C2(CCO3)CC2)n1CC1CCCCC1. The van der Waals surface area contributed by atoms with Gasteiger partial charge in [-0.15, -0.1) is 0 Å². The van der Waals surface area contributed by atoms with Gasteiger partial charge in [-0.05, 0) is 74.1 Å². The lowest BCUT2D eigenvalue weighted by molar-refractivity contribution is -0.00347. The number of aromatic nitrogens is 1. The Hall–Kier alpha value is -2.27. The molecular formula is C31H42N2O3. The van der Waals surface area contributed by atoms with Gasteiger partial charge in [-0.3, -0.25) is 4.79 Å². The Morgan fingerprint density at radius 1 is 1.08 bits per heavy atom. The zero-order valence-electron chi connectivity index (χ0n) is 22.5. The van der Waals surface area contributed by atoms with Crippen molar-refractivity contribution in [3.63, 3.8) is 0 Å².